The third kappa shape index (κ3) is 1.38. The lowest BCUT2D eigenvalue weighted by Gasteiger charge is -2.05. The van der Waals surface area contributed by atoms with Gasteiger partial charge in [0.1, 0.15) is 0 Å². The second kappa shape index (κ2) is 3.62. The van der Waals surface area contributed by atoms with Gasteiger partial charge in [0.25, 0.3) is 5.69 Å². The predicted octanol–water partition coefficient (Wildman–Crippen LogP) is 2.14. The summed E-state index contributed by atoms with van der Waals surface area (Å²) in [7, 11) is 0. The maximum absolute atomic E-state index is 10.9. The standard InChI is InChI=1S/C11H8N2O3/c12-10-5-11(13(15)16)8-4-2-1-3-7(8)9(10)6-14/h1-6H,12H2. The summed E-state index contributed by atoms with van der Waals surface area (Å²) < 4.78 is 0. The molecule has 5 nitrogen and oxygen atoms in total. The van der Waals surface area contributed by atoms with E-state index in [1.54, 1.807) is 24.3 Å². The molecule has 2 aromatic carbocycles. The van der Waals surface area contributed by atoms with Gasteiger partial charge in [-0.3, -0.25) is 14.9 Å². The molecule has 0 aromatic heterocycles. The van der Waals surface area contributed by atoms with Crippen molar-refractivity contribution >= 4 is 28.4 Å². The van der Waals surface area contributed by atoms with Crippen LogP contribution in [0.25, 0.3) is 10.8 Å². The summed E-state index contributed by atoms with van der Waals surface area (Å²) >= 11 is 0. The molecule has 0 fully saturated rings. The van der Waals surface area contributed by atoms with Crippen LogP contribution in [-0.2, 0) is 0 Å². The smallest absolute Gasteiger partial charge is 0.279 e. The van der Waals surface area contributed by atoms with Gasteiger partial charge in [-0.05, 0) is 6.07 Å². The number of nitrogens with zero attached hydrogens (tertiary/aromatic N) is 1. The van der Waals surface area contributed by atoms with Gasteiger partial charge in [0, 0.05) is 22.7 Å². The van der Waals surface area contributed by atoms with Crippen molar-refractivity contribution < 1.29 is 9.72 Å². The highest BCUT2D eigenvalue weighted by molar-refractivity contribution is 6.06. The van der Waals surface area contributed by atoms with Crippen LogP contribution in [0.4, 0.5) is 11.4 Å². The van der Waals surface area contributed by atoms with E-state index in [-0.39, 0.29) is 11.4 Å². The number of anilines is 1. The molecule has 5 heteroatoms. The summed E-state index contributed by atoms with van der Waals surface area (Å²) in [6, 6.07) is 7.84. The number of benzene rings is 2. The zero-order valence-corrected chi connectivity index (χ0v) is 8.21. The Bertz CT molecular complexity index is 593. The SMILES string of the molecule is Nc1cc([N+](=O)[O-])c2ccccc2c1C=O. The fourth-order valence-electron chi connectivity index (χ4n) is 1.68. The Hall–Kier alpha value is -2.43. The molecule has 80 valence electrons. The first-order chi connectivity index (χ1) is 7.65. The number of nitro groups is 1. The third-order valence-electron chi connectivity index (χ3n) is 2.41. The number of nitro benzene ring substituents is 1. The fourth-order valence-corrected chi connectivity index (χ4v) is 1.68. The number of fused-ring (bicyclic) bond motifs is 1. The number of aldehydes is 1. The van der Waals surface area contributed by atoms with E-state index in [4.69, 9.17) is 5.73 Å². The van der Waals surface area contributed by atoms with Crippen molar-refractivity contribution in [2.45, 2.75) is 0 Å². The molecule has 0 atom stereocenters. The Labute approximate surface area is 90.6 Å². The molecule has 0 aliphatic rings. The number of hydrogen-bond donors (Lipinski definition) is 1. The molecule has 0 spiro atoms. The molecule has 0 amide bonds. The summed E-state index contributed by atoms with van der Waals surface area (Å²) in [4.78, 5) is 21.2. The van der Waals surface area contributed by atoms with Crippen LogP contribution < -0.4 is 5.73 Å². The van der Waals surface area contributed by atoms with Gasteiger partial charge in [-0.2, -0.15) is 0 Å². The van der Waals surface area contributed by atoms with E-state index in [1.165, 1.54) is 6.07 Å². The van der Waals surface area contributed by atoms with Crippen molar-refractivity contribution in [2.24, 2.45) is 0 Å². The number of nitrogens with two attached hydrogens (primary N) is 1. The summed E-state index contributed by atoms with van der Waals surface area (Å²) in [6.45, 7) is 0. The van der Waals surface area contributed by atoms with Crippen LogP contribution in [0.2, 0.25) is 0 Å². The topological polar surface area (TPSA) is 86.2 Å². The average molecular weight is 216 g/mol. The average Bonchev–Trinajstić information content (AvgIpc) is 2.28. The van der Waals surface area contributed by atoms with Crippen LogP contribution in [0.5, 0.6) is 0 Å². The van der Waals surface area contributed by atoms with E-state index in [1.807, 2.05) is 0 Å². The molecule has 0 saturated heterocycles. The molecule has 16 heavy (non-hydrogen) atoms. The highest BCUT2D eigenvalue weighted by Gasteiger charge is 2.16. The lowest BCUT2D eigenvalue weighted by Crippen LogP contribution is -1.98. The van der Waals surface area contributed by atoms with E-state index in [2.05, 4.69) is 0 Å². The second-order valence-corrected chi connectivity index (χ2v) is 3.32. The molecule has 2 N–H and O–H groups in total. The highest BCUT2D eigenvalue weighted by Crippen LogP contribution is 2.31. The first-order valence-corrected chi connectivity index (χ1v) is 4.56. The fraction of sp³-hybridized carbons (Fsp3) is 0. The summed E-state index contributed by atoms with van der Waals surface area (Å²) in [5.41, 5.74) is 5.93. The lowest BCUT2D eigenvalue weighted by atomic mass is 10.0. The Kier molecular flexibility index (Phi) is 2.28. The maximum atomic E-state index is 10.9. The molecular weight excluding hydrogens is 208 g/mol. The molecule has 2 aromatic rings. The molecule has 0 heterocycles. The van der Waals surface area contributed by atoms with Gasteiger partial charge < -0.3 is 5.73 Å². The number of carbonyl (C=O) groups excluding carboxylic acids is 1. The molecule has 0 unspecified atom stereocenters. The quantitative estimate of drug-likeness (QED) is 0.360. The summed E-state index contributed by atoms with van der Waals surface area (Å²) in [5, 5.41) is 11.8. The van der Waals surface area contributed by atoms with Crippen molar-refractivity contribution in [3.8, 4) is 0 Å². The first-order valence-electron chi connectivity index (χ1n) is 4.56. The molecule has 0 aliphatic carbocycles. The van der Waals surface area contributed by atoms with Crippen molar-refractivity contribution in [2.75, 3.05) is 5.73 Å². The van der Waals surface area contributed by atoms with Gasteiger partial charge in [-0.25, -0.2) is 0 Å². The molecule has 0 bridgehead atoms. The largest absolute Gasteiger partial charge is 0.398 e. The van der Waals surface area contributed by atoms with Crippen molar-refractivity contribution in [3.05, 3.63) is 46.0 Å². The van der Waals surface area contributed by atoms with Crippen molar-refractivity contribution in [3.63, 3.8) is 0 Å². The van der Waals surface area contributed by atoms with E-state index in [0.29, 0.717) is 22.6 Å². The van der Waals surface area contributed by atoms with E-state index in [9.17, 15) is 14.9 Å². The summed E-state index contributed by atoms with van der Waals surface area (Å²) in [5.74, 6) is 0. The molecular formula is C11H8N2O3. The second-order valence-electron chi connectivity index (χ2n) is 3.32. The Morgan fingerprint density at radius 1 is 1.25 bits per heavy atom. The van der Waals surface area contributed by atoms with Crippen LogP contribution in [0.1, 0.15) is 10.4 Å². The highest BCUT2D eigenvalue weighted by atomic mass is 16.6. The zero-order valence-electron chi connectivity index (χ0n) is 8.21. The molecule has 0 radical (unpaired) electrons. The number of hydrogen-bond acceptors (Lipinski definition) is 4. The zero-order chi connectivity index (χ0) is 11.7. The maximum Gasteiger partial charge on any atom is 0.279 e. The van der Waals surface area contributed by atoms with Crippen LogP contribution in [-0.4, -0.2) is 11.2 Å². The third-order valence-corrected chi connectivity index (χ3v) is 2.41. The van der Waals surface area contributed by atoms with Gasteiger partial charge >= 0.3 is 0 Å². The van der Waals surface area contributed by atoms with Crippen LogP contribution in [0.3, 0.4) is 0 Å². The van der Waals surface area contributed by atoms with E-state index >= 15 is 0 Å². The van der Waals surface area contributed by atoms with Gasteiger partial charge in [0.15, 0.2) is 6.29 Å². The van der Waals surface area contributed by atoms with E-state index < -0.39 is 4.92 Å². The van der Waals surface area contributed by atoms with E-state index in [0.717, 1.165) is 0 Å². The lowest BCUT2D eigenvalue weighted by molar-refractivity contribution is -0.383. The minimum atomic E-state index is -0.507. The number of carbonyl (C=O) groups is 1. The predicted molar refractivity (Wildman–Crippen MR) is 60.4 cm³/mol. The van der Waals surface area contributed by atoms with Gasteiger partial charge in [-0.1, -0.05) is 18.2 Å². The molecule has 0 aliphatic heterocycles. The normalized spacial score (nSPS) is 10.2. The summed E-state index contributed by atoms with van der Waals surface area (Å²) in [6.07, 6.45) is 0.612. The minimum Gasteiger partial charge on any atom is -0.398 e. The molecule has 0 saturated carbocycles. The molecule has 2 rings (SSSR count). The number of nitrogen functional groups attached to an aromatic ring is 1. The van der Waals surface area contributed by atoms with Gasteiger partial charge in [0.2, 0.25) is 0 Å². The Balaban J connectivity index is 2.96. The van der Waals surface area contributed by atoms with Gasteiger partial charge in [0.05, 0.1) is 10.3 Å². The number of rotatable bonds is 2. The monoisotopic (exact) mass is 216 g/mol. The number of non-ortho nitro benzene ring substituents is 1. The minimum absolute atomic E-state index is 0.0845. The van der Waals surface area contributed by atoms with Crippen LogP contribution in [0, 0.1) is 10.1 Å². The first kappa shape index (κ1) is 10.1. The van der Waals surface area contributed by atoms with Crippen molar-refractivity contribution in [1.29, 1.82) is 0 Å². The Morgan fingerprint density at radius 2 is 1.88 bits per heavy atom. The Morgan fingerprint density at radius 3 is 2.44 bits per heavy atom. The van der Waals surface area contributed by atoms with Gasteiger partial charge in [-0.15, -0.1) is 0 Å². The van der Waals surface area contributed by atoms with Crippen LogP contribution >= 0.6 is 0 Å². The van der Waals surface area contributed by atoms with Crippen LogP contribution in [0.15, 0.2) is 30.3 Å². The van der Waals surface area contributed by atoms with Crippen molar-refractivity contribution in [1.82, 2.24) is 0 Å².